The van der Waals surface area contributed by atoms with Crippen LogP contribution in [0.3, 0.4) is 0 Å². The van der Waals surface area contributed by atoms with Crippen LogP contribution in [0.1, 0.15) is 39.0 Å². The Hall–Kier alpha value is -1.27. The fourth-order valence-electron chi connectivity index (χ4n) is 1.01. The summed E-state index contributed by atoms with van der Waals surface area (Å²) in [7, 11) is 0. The highest BCUT2D eigenvalue weighted by Gasteiger charge is 2.29. The monoisotopic (exact) mass is 270 g/mol. The van der Waals surface area contributed by atoms with E-state index in [0.717, 1.165) is 12.8 Å². The van der Waals surface area contributed by atoms with Crippen LogP contribution in [0.4, 0.5) is 13.2 Å². The molecular formula is C11H17F3O4. The van der Waals surface area contributed by atoms with Crippen molar-refractivity contribution in [3.05, 3.63) is 0 Å². The number of ether oxygens (including phenoxy) is 2. The van der Waals surface area contributed by atoms with Gasteiger partial charge in [-0.1, -0.05) is 13.3 Å². The number of esters is 2. The van der Waals surface area contributed by atoms with Crippen molar-refractivity contribution in [2.45, 2.75) is 45.2 Å². The molecule has 0 heterocycles. The molecule has 18 heavy (non-hydrogen) atoms. The van der Waals surface area contributed by atoms with Crippen LogP contribution in [0.2, 0.25) is 0 Å². The van der Waals surface area contributed by atoms with Crippen LogP contribution in [0.15, 0.2) is 0 Å². The van der Waals surface area contributed by atoms with E-state index in [2.05, 4.69) is 4.74 Å². The third-order valence-corrected chi connectivity index (χ3v) is 1.92. The van der Waals surface area contributed by atoms with Crippen molar-refractivity contribution in [1.29, 1.82) is 0 Å². The summed E-state index contributed by atoms with van der Waals surface area (Å²) in [5.74, 6) is -1.42. The molecule has 0 N–H and O–H groups in total. The highest BCUT2D eigenvalue weighted by molar-refractivity contribution is 5.72. The zero-order valence-corrected chi connectivity index (χ0v) is 10.2. The molecule has 0 aliphatic heterocycles. The molecule has 0 aromatic rings. The number of unbranched alkanes of at least 4 members (excludes halogenated alkanes) is 1. The van der Waals surface area contributed by atoms with Gasteiger partial charge in [-0.3, -0.25) is 9.59 Å². The third kappa shape index (κ3) is 11.2. The average molecular weight is 270 g/mol. The molecule has 0 saturated carbocycles. The van der Waals surface area contributed by atoms with E-state index < -0.39 is 24.7 Å². The number of hydrogen-bond acceptors (Lipinski definition) is 4. The molecule has 0 unspecified atom stereocenters. The summed E-state index contributed by atoms with van der Waals surface area (Å²) in [6.45, 7) is 0.686. The van der Waals surface area contributed by atoms with Gasteiger partial charge in [-0.15, -0.1) is 0 Å². The van der Waals surface area contributed by atoms with Crippen molar-refractivity contribution in [2.24, 2.45) is 0 Å². The molecule has 0 aliphatic rings. The Morgan fingerprint density at radius 1 is 1.00 bits per heavy atom. The van der Waals surface area contributed by atoms with E-state index in [0.29, 0.717) is 6.61 Å². The Kier molecular flexibility index (Phi) is 8.15. The minimum Gasteiger partial charge on any atom is -0.466 e. The maximum absolute atomic E-state index is 11.7. The third-order valence-electron chi connectivity index (χ3n) is 1.92. The zero-order valence-electron chi connectivity index (χ0n) is 10.2. The first-order valence-electron chi connectivity index (χ1n) is 5.73. The molecule has 106 valence electrons. The van der Waals surface area contributed by atoms with E-state index in [1.165, 1.54) is 0 Å². The molecule has 0 amide bonds. The van der Waals surface area contributed by atoms with E-state index in [9.17, 15) is 22.8 Å². The molecule has 0 fully saturated rings. The average Bonchev–Trinajstić information content (AvgIpc) is 2.26. The van der Waals surface area contributed by atoms with Crippen LogP contribution in [0.5, 0.6) is 0 Å². The lowest BCUT2D eigenvalue weighted by Gasteiger charge is -2.07. The summed E-state index contributed by atoms with van der Waals surface area (Å²) in [6, 6.07) is 0. The lowest BCUT2D eigenvalue weighted by Crippen LogP contribution is -2.20. The first-order chi connectivity index (χ1) is 8.35. The predicted octanol–water partition coefficient (Wildman–Crippen LogP) is 2.61. The molecule has 0 radical (unpaired) electrons. The highest BCUT2D eigenvalue weighted by Crippen LogP contribution is 2.15. The molecule has 4 nitrogen and oxygen atoms in total. The van der Waals surface area contributed by atoms with Crippen molar-refractivity contribution in [3.63, 3.8) is 0 Å². The second-order valence-electron chi connectivity index (χ2n) is 3.70. The first kappa shape index (κ1) is 16.7. The van der Waals surface area contributed by atoms with Crippen LogP contribution in [0.25, 0.3) is 0 Å². The molecule has 0 bridgehead atoms. The predicted molar refractivity (Wildman–Crippen MR) is 56.7 cm³/mol. The molecule has 7 heteroatoms. The number of hydrogen-bond donors (Lipinski definition) is 0. The van der Waals surface area contributed by atoms with Gasteiger partial charge in [0.25, 0.3) is 0 Å². The molecule has 0 atom stereocenters. The molecular weight excluding hydrogens is 253 g/mol. The minimum absolute atomic E-state index is 0.00479. The van der Waals surface area contributed by atoms with Gasteiger partial charge < -0.3 is 9.47 Å². The van der Waals surface area contributed by atoms with Crippen LogP contribution >= 0.6 is 0 Å². The van der Waals surface area contributed by atoms with Crippen molar-refractivity contribution < 1.29 is 32.2 Å². The zero-order chi connectivity index (χ0) is 14.0. The maximum Gasteiger partial charge on any atom is 0.422 e. The Bertz CT molecular complexity index is 264. The fraction of sp³-hybridized carbons (Fsp3) is 0.818. The van der Waals surface area contributed by atoms with E-state index in [4.69, 9.17) is 4.74 Å². The number of halogens is 3. The van der Waals surface area contributed by atoms with Crippen molar-refractivity contribution in [2.75, 3.05) is 13.2 Å². The van der Waals surface area contributed by atoms with Gasteiger partial charge in [0, 0.05) is 12.8 Å². The van der Waals surface area contributed by atoms with E-state index in [1.807, 2.05) is 6.92 Å². The number of alkyl halides is 3. The van der Waals surface area contributed by atoms with Crippen molar-refractivity contribution >= 4 is 11.9 Å². The van der Waals surface area contributed by atoms with Crippen LogP contribution in [0, 0.1) is 0 Å². The van der Waals surface area contributed by atoms with Crippen LogP contribution in [-0.2, 0) is 19.1 Å². The lowest BCUT2D eigenvalue weighted by atomic mass is 10.2. The fourth-order valence-corrected chi connectivity index (χ4v) is 1.01. The highest BCUT2D eigenvalue weighted by atomic mass is 19.4. The SMILES string of the molecule is CCCCOC(=O)CCCC(=O)OCC(F)(F)F. The van der Waals surface area contributed by atoms with Crippen molar-refractivity contribution in [3.8, 4) is 0 Å². The van der Waals surface area contributed by atoms with Crippen LogP contribution in [-0.4, -0.2) is 31.3 Å². The number of carbonyl (C=O) groups excluding carboxylic acids is 2. The topological polar surface area (TPSA) is 52.6 Å². The largest absolute Gasteiger partial charge is 0.466 e. The molecule has 0 saturated heterocycles. The van der Waals surface area contributed by atoms with E-state index >= 15 is 0 Å². The van der Waals surface area contributed by atoms with E-state index in [-0.39, 0.29) is 19.3 Å². The van der Waals surface area contributed by atoms with E-state index in [1.54, 1.807) is 0 Å². The van der Waals surface area contributed by atoms with Gasteiger partial charge in [-0.25, -0.2) is 0 Å². The summed E-state index contributed by atoms with van der Waals surface area (Å²) in [5.41, 5.74) is 0. The molecule has 0 aromatic carbocycles. The first-order valence-corrected chi connectivity index (χ1v) is 5.73. The van der Waals surface area contributed by atoms with Gasteiger partial charge in [-0.2, -0.15) is 13.2 Å². The normalized spacial score (nSPS) is 11.1. The Morgan fingerprint density at radius 3 is 2.06 bits per heavy atom. The quantitative estimate of drug-likeness (QED) is 0.502. The lowest BCUT2D eigenvalue weighted by molar-refractivity contribution is -0.186. The summed E-state index contributed by atoms with van der Waals surface area (Å²) in [6.07, 6.45) is -2.95. The Balaban J connectivity index is 3.53. The number of carbonyl (C=O) groups is 2. The van der Waals surface area contributed by atoms with Crippen molar-refractivity contribution in [1.82, 2.24) is 0 Å². The molecule has 0 rings (SSSR count). The maximum atomic E-state index is 11.7. The van der Waals surface area contributed by atoms with Gasteiger partial charge in [0.1, 0.15) is 0 Å². The second-order valence-corrected chi connectivity index (χ2v) is 3.70. The Morgan fingerprint density at radius 2 is 1.56 bits per heavy atom. The van der Waals surface area contributed by atoms with Gasteiger partial charge in [0.05, 0.1) is 6.61 Å². The smallest absolute Gasteiger partial charge is 0.422 e. The summed E-state index contributed by atoms with van der Waals surface area (Å²) in [4.78, 5) is 21.9. The van der Waals surface area contributed by atoms with Gasteiger partial charge in [-0.05, 0) is 12.8 Å². The number of rotatable bonds is 8. The summed E-state index contributed by atoms with van der Waals surface area (Å²) < 4.78 is 43.8. The van der Waals surface area contributed by atoms with Gasteiger partial charge >= 0.3 is 18.1 Å². The molecule has 0 aromatic heterocycles. The minimum atomic E-state index is -4.52. The second kappa shape index (κ2) is 8.77. The standard InChI is InChI=1S/C11H17F3O4/c1-2-3-7-17-9(15)5-4-6-10(16)18-8-11(12,13)14/h2-8H2,1H3. The summed E-state index contributed by atoms with van der Waals surface area (Å²) >= 11 is 0. The summed E-state index contributed by atoms with van der Waals surface area (Å²) in [5, 5.41) is 0. The van der Waals surface area contributed by atoms with Gasteiger partial charge in [0.15, 0.2) is 6.61 Å². The molecule has 0 spiro atoms. The molecule has 0 aliphatic carbocycles. The van der Waals surface area contributed by atoms with Gasteiger partial charge in [0.2, 0.25) is 0 Å². The Labute approximate surface area is 103 Å². The van der Waals surface area contributed by atoms with Crippen LogP contribution < -0.4 is 0 Å².